The molecule has 1 heterocycles. The first-order valence-corrected chi connectivity index (χ1v) is 20.2. The molecule has 8 rings (SSSR count). The van der Waals surface area contributed by atoms with Crippen molar-refractivity contribution in [2.75, 3.05) is 7.11 Å². The third kappa shape index (κ3) is 8.10. The SMILES string of the molecule is COc1cccc2c1C(=O)c1c(O)c3c(c(O)c1C2=O)C[C@@](O)(C(C)=O)C[C@@H]3O[C@H]1C[C@H](NCc2ccc(OCc3ccccc3)c(OCc3ccccc3)c2)[C@H](O)[C@H](C)O1. The molecule has 13 heteroatoms. The van der Waals surface area contributed by atoms with Crippen molar-refractivity contribution in [1.82, 2.24) is 5.32 Å². The lowest BCUT2D eigenvalue weighted by molar-refractivity contribution is -0.249. The predicted molar refractivity (Wildman–Crippen MR) is 221 cm³/mol. The number of aliphatic hydroxyl groups excluding tert-OH is 1. The standard InChI is InChI=1S/C48H47NO12/c1-26-43(51)33(49-23-30-17-18-34(58-24-28-11-6-4-7-12-28)36(19-30)59-25-29-13-8-5-9-14-29)20-38(60-26)61-37-22-48(56,27(2)50)21-32-40(37)47(55)42-41(45(32)53)44(52)31-15-10-16-35(57-3)39(31)46(42)54/h4-19,26,33,37-38,43,49,51,53,55-56H,20-25H2,1-3H3/t26-,33-,37-,38-,43+,48-/m0/s1. The number of ether oxygens (including phenoxy) is 5. The monoisotopic (exact) mass is 829 g/mol. The number of carbonyl (C=O) groups is 3. The predicted octanol–water partition coefficient (Wildman–Crippen LogP) is 6.02. The first kappa shape index (κ1) is 41.6. The quantitative estimate of drug-likeness (QED) is 0.0851. The molecular formula is C48H47NO12. The lowest BCUT2D eigenvalue weighted by Gasteiger charge is -2.43. The summed E-state index contributed by atoms with van der Waals surface area (Å²) in [5, 5.41) is 50.0. The van der Waals surface area contributed by atoms with Gasteiger partial charge in [-0.3, -0.25) is 14.4 Å². The maximum absolute atomic E-state index is 14.0. The molecule has 0 saturated carbocycles. The molecule has 61 heavy (non-hydrogen) atoms. The van der Waals surface area contributed by atoms with Crippen LogP contribution in [0.15, 0.2) is 97.1 Å². The topological polar surface area (TPSA) is 190 Å². The van der Waals surface area contributed by atoms with E-state index >= 15 is 0 Å². The van der Waals surface area contributed by atoms with Gasteiger partial charge in [0.2, 0.25) is 5.78 Å². The van der Waals surface area contributed by atoms with Crippen LogP contribution in [0.4, 0.5) is 0 Å². The lowest BCUT2D eigenvalue weighted by atomic mass is 9.72. The third-order valence-electron chi connectivity index (χ3n) is 11.8. The lowest BCUT2D eigenvalue weighted by Crippen LogP contribution is -2.54. The van der Waals surface area contributed by atoms with Crippen molar-refractivity contribution < 1.29 is 58.5 Å². The zero-order chi connectivity index (χ0) is 43.0. The van der Waals surface area contributed by atoms with Gasteiger partial charge in [-0.05, 0) is 48.7 Å². The number of benzene rings is 5. The van der Waals surface area contributed by atoms with Crippen LogP contribution < -0.4 is 19.5 Å². The van der Waals surface area contributed by atoms with Crippen LogP contribution in [0.1, 0.15) is 92.5 Å². The van der Waals surface area contributed by atoms with Crippen LogP contribution in [-0.2, 0) is 40.4 Å². The third-order valence-corrected chi connectivity index (χ3v) is 11.8. The summed E-state index contributed by atoms with van der Waals surface area (Å²) in [6.45, 7) is 3.85. The van der Waals surface area contributed by atoms with Crippen LogP contribution in [0.25, 0.3) is 0 Å². The molecule has 3 aliphatic rings. The Balaban J connectivity index is 1.05. The first-order valence-electron chi connectivity index (χ1n) is 20.2. The Bertz CT molecular complexity index is 2470. The summed E-state index contributed by atoms with van der Waals surface area (Å²) in [7, 11) is 1.35. The van der Waals surface area contributed by atoms with Gasteiger partial charge in [-0.15, -0.1) is 0 Å². The fourth-order valence-corrected chi connectivity index (χ4v) is 8.44. The van der Waals surface area contributed by atoms with E-state index in [-0.39, 0.29) is 40.8 Å². The summed E-state index contributed by atoms with van der Waals surface area (Å²) in [5.74, 6) is -2.14. The smallest absolute Gasteiger partial charge is 0.202 e. The fourth-order valence-electron chi connectivity index (χ4n) is 8.44. The summed E-state index contributed by atoms with van der Waals surface area (Å²) < 4.78 is 30.4. The van der Waals surface area contributed by atoms with Gasteiger partial charge in [0, 0.05) is 48.5 Å². The molecule has 0 spiro atoms. The Kier molecular flexibility index (Phi) is 11.7. The number of hydrogen-bond acceptors (Lipinski definition) is 13. The van der Waals surface area contributed by atoms with E-state index < -0.39 is 82.6 Å². The second-order valence-corrected chi connectivity index (χ2v) is 15.8. The maximum Gasteiger partial charge on any atom is 0.202 e. The maximum atomic E-state index is 14.0. The molecule has 1 fully saturated rings. The minimum Gasteiger partial charge on any atom is -0.507 e. The number of phenols is 2. The van der Waals surface area contributed by atoms with Gasteiger partial charge in [-0.2, -0.15) is 0 Å². The van der Waals surface area contributed by atoms with Gasteiger partial charge in [0.05, 0.1) is 42.1 Å². The van der Waals surface area contributed by atoms with E-state index in [0.717, 1.165) is 16.7 Å². The van der Waals surface area contributed by atoms with Crippen LogP contribution in [0.2, 0.25) is 0 Å². The summed E-state index contributed by atoms with van der Waals surface area (Å²) in [6.07, 6.45) is -4.80. The number of carbonyl (C=O) groups excluding carboxylic acids is 3. The molecule has 0 unspecified atom stereocenters. The van der Waals surface area contributed by atoms with E-state index in [9.17, 15) is 34.8 Å². The first-order chi connectivity index (χ1) is 29.4. The Morgan fingerprint density at radius 1 is 0.803 bits per heavy atom. The molecule has 1 saturated heterocycles. The average Bonchev–Trinajstić information content (AvgIpc) is 3.26. The summed E-state index contributed by atoms with van der Waals surface area (Å²) >= 11 is 0. The average molecular weight is 830 g/mol. The van der Waals surface area contributed by atoms with E-state index in [2.05, 4.69) is 5.32 Å². The van der Waals surface area contributed by atoms with Crippen molar-refractivity contribution in [1.29, 1.82) is 0 Å². The summed E-state index contributed by atoms with van der Waals surface area (Å²) in [5.41, 5.74) is -0.341. The van der Waals surface area contributed by atoms with Crippen LogP contribution in [-0.4, -0.2) is 75.0 Å². The normalized spacial score (nSPS) is 23.1. The zero-order valence-electron chi connectivity index (χ0n) is 33.9. The molecule has 1 aliphatic heterocycles. The number of hydrogen-bond donors (Lipinski definition) is 5. The largest absolute Gasteiger partial charge is 0.507 e. The Morgan fingerprint density at radius 2 is 1.46 bits per heavy atom. The van der Waals surface area contributed by atoms with Gasteiger partial charge in [0.15, 0.2) is 29.4 Å². The van der Waals surface area contributed by atoms with Gasteiger partial charge in [-0.1, -0.05) is 78.9 Å². The second-order valence-electron chi connectivity index (χ2n) is 15.8. The Hall–Kier alpha value is -6.09. The number of Topliss-reactive ketones (excluding diaryl/α,β-unsaturated/α-hetero) is 1. The van der Waals surface area contributed by atoms with Crippen LogP contribution in [0, 0.1) is 0 Å². The van der Waals surface area contributed by atoms with Gasteiger partial charge in [-0.25, -0.2) is 0 Å². The number of aromatic hydroxyl groups is 2. The highest BCUT2D eigenvalue weighted by Crippen LogP contribution is 2.52. The zero-order valence-corrected chi connectivity index (χ0v) is 33.9. The molecule has 316 valence electrons. The molecule has 0 aromatic heterocycles. The van der Waals surface area contributed by atoms with Gasteiger partial charge >= 0.3 is 0 Å². The number of rotatable bonds is 13. The Morgan fingerprint density at radius 3 is 2.11 bits per heavy atom. The number of ketones is 3. The fraction of sp³-hybridized carbons (Fsp3) is 0.312. The van der Waals surface area contributed by atoms with Gasteiger partial charge < -0.3 is 49.4 Å². The van der Waals surface area contributed by atoms with Gasteiger partial charge in [0.1, 0.15) is 36.1 Å². The van der Waals surface area contributed by atoms with E-state index in [4.69, 9.17) is 23.7 Å². The molecule has 2 aliphatic carbocycles. The van der Waals surface area contributed by atoms with Crippen molar-refractivity contribution in [2.45, 2.75) is 89.1 Å². The van der Waals surface area contributed by atoms with Crippen molar-refractivity contribution in [3.8, 4) is 28.7 Å². The highest BCUT2D eigenvalue weighted by atomic mass is 16.7. The van der Waals surface area contributed by atoms with Crippen LogP contribution in [0.5, 0.6) is 28.7 Å². The molecule has 6 atom stereocenters. The van der Waals surface area contributed by atoms with E-state index in [1.807, 2.05) is 78.9 Å². The van der Waals surface area contributed by atoms with Crippen LogP contribution >= 0.6 is 0 Å². The van der Waals surface area contributed by atoms with Crippen molar-refractivity contribution in [2.24, 2.45) is 0 Å². The highest BCUT2D eigenvalue weighted by Gasteiger charge is 2.49. The molecule has 0 radical (unpaired) electrons. The highest BCUT2D eigenvalue weighted by molar-refractivity contribution is 6.31. The number of phenolic OH excluding ortho intramolecular Hbond substituents is 2. The summed E-state index contributed by atoms with van der Waals surface area (Å²) in [6, 6.07) is 29.1. The van der Waals surface area contributed by atoms with Crippen molar-refractivity contribution in [3.05, 3.63) is 147 Å². The number of nitrogens with one attached hydrogen (secondary N) is 1. The molecule has 5 N–H and O–H groups in total. The molecule has 0 amide bonds. The van der Waals surface area contributed by atoms with Crippen molar-refractivity contribution in [3.63, 3.8) is 0 Å². The number of aliphatic hydroxyl groups is 2. The minimum absolute atomic E-state index is 0.0260. The van der Waals surface area contributed by atoms with E-state index in [1.165, 1.54) is 32.2 Å². The van der Waals surface area contributed by atoms with E-state index in [0.29, 0.717) is 31.3 Å². The summed E-state index contributed by atoms with van der Waals surface area (Å²) in [4.78, 5) is 40.8. The molecule has 0 bridgehead atoms. The van der Waals surface area contributed by atoms with E-state index in [1.54, 1.807) is 6.92 Å². The molecule has 13 nitrogen and oxygen atoms in total. The minimum atomic E-state index is -2.06. The van der Waals surface area contributed by atoms with Crippen molar-refractivity contribution >= 4 is 17.3 Å². The van der Waals surface area contributed by atoms with Crippen LogP contribution in [0.3, 0.4) is 0 Å². The molecular weight excluding hydrogens is 783 g/mol. The number of fused-ring (bicyclic) bond motifs is 3. The Labute approximate surface area is 352 Å². The molecule has 5 aromatic carbocycles. The molecule has 5 aromatic rings. The second kappa shape index (κ2) is 17.1. The van der Waals surface area contributed by atoms with Gasteiger partial charge in [0.25, 0.3) is 0 Å². The number of methoxy groups -OCH3 is 1.